The van der Waals surface area contributed by atoms with Crippen LogP contribution < -0.4 is 5.32 Å². The van der Waals surface area contributed by atoms with Crippen molar-refractivity contribution in [3.63, 3.8) is 0 Å². The van der Waals surface area contributed by atoms with Gasteiger partial charge in [-0.3, -0.25) is 9.59 Å². The maximum atomic E-state index is 12.5. The Hall–Kier alpha value is -1.91. The fourth-order valence-electron chi connectivity index (χ4n) is 2.18. The van der Waals surface area contributed by atoms with Crippen molar-refractivity contribution in [2.24, 2.45) is 0 Å². The summed E-state index contributed by atoms with van der Waals surface area (Å²) >= 11 is 0. The summed E-state index contributed by atoms with van der Waals surface area (Å²) in [5.74, 6) is -0.288. The second-order valence-electron chi connectivity index (χ2n) is 5.45. The van der Waals surface area contributed by atoms with Gasteiger partial charge in [0.15, 0.2) is 0 Å². The largest absolute Gasteiger partial charge is 0.348 e. The van der Waals surface area contributed by atoms with Gasteiger partial charge >= 0.3 is 0 Å². The van der Waals surface area contributed by atoms with Crippen LogP contribution in [0.5, 0.6) is 0 Å². The van der Waals surface area contributed by atoms with Crippen LogP contribution in [0.4, 0.5) is 0 Å². The topological polar surface area (TPSA) is 62.3 Å². The van der Waals surface area contributed by atoms with Gasteiger partial charge in [-0.05, 0) is 37.8 Å². The van der Waals surface area contributed by atoms with Crippen LogP contribution in [0.15, 0.2) is 18.2 Å². The number of carbonyl (C=O) groups is 2. The lowest BCUT2D eigenvalue weighted by molar-refractivity contribution is 0.0749. The molecule has 2 rings (SSSR count). The van der Waals surface area contributed by atoms with Crippen molar-refractivity contribution in [3.05, 3.63) is 29.6 Å². The van der Waals surface area contributed by atoms with Crippen molar-refractivity contribution in [2.45, 2.75) is 45.6 Å². The minimum Gasteiger partial charge on any atom is -0.348 e. The smallest absolute Gasteiger partial charge is 0.272 e. The molecule has 1 N–H and O–H groups in total. The summed E-state index contributed by atoms with van der Waals surface area (Å²) in [6, 6.07) is 5.33. The molecule has 1 aliphatic carbocycles. The number of hydrogen-bond acceptors (Lipinski definition) is 3. The lowest BCUT2D eigenvalue weighted by Gasteiger charge is -2.21. The normalized spacial score (nSPS) is 13.8. The van der Waals surface area contributed by atoms with E-state index in [1.54, 1.807) is 23.1 Å². The SMILES string of the molecule is CCCN(CCC)C(=O)c1cccc(C(=O)NC2CC2)n1. The summed E-state index contributed by atoms with van der Waals surface area (Å²) in [5, 5.41) is 2.89. The zero-order valence-electron chi connectivity index (χ0n) is 12.8. The van der Waals surface area contributed by atoms with Gasteiger partial charge < -0.3 is 10.2 Å². The number of carbonyl (C=O) groups excluding carboxylic acids is 2. The van der Waals surface area contributed by atoms with Gasteiger partial charge in [0, 0.05) is 19.1 Å². The summed E-state index contributed by atoms with van der Waals surface area (Å²) in [6.45, 7) is 5.52. The van der Waals surface area contributed by atoms with Gasteiger partial charge in [0.2, 0.25) is 0 Å². The monoisotopic (exact) mass is 289 g/mol. The molecule has 1 fully saturated rings. The van der Waals surface area contributed by atoms with Crippen LogP contribution in [0.1, 0.15) is 60.5 Å². The molecule has 0 atom stereocenters. The molecule has 0 radical (unpaired) electrons. The van der Waals surface area contributed by atoms with Crippen molar-refractivity contribution in [1.82, 2.24) is 15.2 Å². The first-order chi connectivity index (χ1) is 10.2. The fourth-order valence-corrected chi connectivity index (χ4v) is 2.18. The Bertz CT molecular complexity index is 506. The van der Waals surface area contributed by atoms with Crippen LogP contribution in [-0.4, -0.2) is 40.8 Å². The van der Waals surface area contributed by atoms with E-state index in [0.717, 1.165) is 25.7 Å². The molecule has 2 amide bonds. The van der Waals surface area contributed by atoms with E-state index in [-0.39, 0.29) is 17.9 Å². The molecule has 0 spiro atoms. The van der Waals surface area contributed by atoms with Gasteiger partial charge in [-0.25, -0.2) is 4.98 Å². The predicted molar refractivity (Wildman–Crippen MR) is 81.2 cm³/mol. The van der Waals surface area contributed by atoms with Crippen molar-refractivity contribution >= 4 is 11.8 Å². The second kappa shape index (κ2) is 7.20. The lowest BCUT2D eigenvalue weighted by Crippen LogP contribution is -2.34. The first-order valence-electron chi connectivity index (χ1n) is 7.72. The number of amides is 2. The molecule has 1 saturated carbocycles. The highest BCUT2D eigenvalue weighted by molar-refractivity contribution is 5.96. The van der Waals surface area contributed by atoms with Gasteiger partial charge in [0.1, 0.15) is 11.4 Å². The summed E-state index contributed by atoms with van der Waals surface area (Å²) in [7, 11) is 0. The molecular weight excluding hydrogens is 266 g/mol. The van der Waals surface area contributed by atoms with Crippen LogP contribution in [0, 0.1) is 0 Å². The standard InChI is InChI=1S/C16H23N3O2/c1-3-10-19(11-4-2)16(21)14-7-5-6-13(18-14)15(20)17-12-8-9-12/h5-7,12H,3-4,8-11H2,1-2H3,(H,17,20). The Morgan fingerprint density at radius 2 is 1.81 bits per heavy atom. The molecule has 21 heavy (non-hydrogen) atoms. The zero-order chi connectivity index (χ0) is 15.2. The van der Waals surface area contributed by atoms with Crippen molar-refractivity contribution < 1.29 is 9.59 Å². The molecular formula is C16H23N3O2. The minimum atomic E-state index is -0.190. The highest BCUT2D eigenvalue weighted by Gasteiger charge is 2.25. The van der Waals surface area contributed by atoms with E-state index in [1.165, 1.54) is 0 Å². The van der Waals surface area contributed by atoms with Crippen LogP contribution in [0.25, 0.3) is 0 Å². The summed E-state index contributed by atoms with van der Waals surface area (Å²) in [4.78, 5) is 30.5. The predicted octanol–water partition coefficient (Wildman–Crippen LogP) is 2.24. The first-order valence-corrected chi connectivity index (χ1v) is 7.72. The average molecular weight is 289 g/mol. The number of nitrogens with zero attached hydrogens (tertiary/aromatic N) is 2. The van der Waals surface area contributed by atoms with Gasteiger partial charge in [0.25, 0.3) is 11.8 Å². The van der Waals surface area contributed by atoms with Gasteiger partial charge in [-0.1, -0.05) is 19.9 Å². The summed E-state index contributed by atoms with van der Waals surface area (Å²) in [6.07, 6.45) is 3.89. The third kappa shape index (κ3) is 4.28. The van der Waals surface area contributed by atoms with Crippen LogP contribution in [0.2, 0.25) is 0 Å². The van der Waals surface area contributed by atoms with Crippen LogP contribution >= 0.6 is 0 Å². The van der Waals surface area contributed by atoms with E-state index in [1.807, 2.05) is 13.8 Å². The third-order valence-electron chi connectivity index (χ3n) is 3.39. The van der Waals surface area contributed by atoms with E-state index in [9.17, 15) is 9.59 Å². The van der Waals surface area contributed by atoms with E-state index in [2.05, 4.69) is 10.3 Å². The Morgan fingerprint density at radius 3 is 2.38 bits per heavy atom. The third-order valence-corrected chi connectivity index (χ3v) is 3.39. The number of aromatic nitrogens is 1. The number of rotatable bonds is 7. The molecule has 114 valence electrons. The molecule has 1 heterocycles. The van der Waals surface area contributed by atoms with Crippen molar-refractivity contribution in [1.29, 1.82) is 0 Å². The second-order valence-corrected chi connectivity index (χ2v) is 5.45. The minimum absolute atomic E-state index is 0.0974. The lowest BCUT2D eigenvalue weighted by atomic mass is 10.2. The molecule has 0 saturated heterocycles. The van der Waals surface area contributed by atoms with E-state index < -0.39 is 0 Å². The maximum Gasteiger partial charge on any atom is 0.272 e. The zero-order valence-corrected chi connectivity index (χ0v) is 12.8. The molecule has 0 aliphatic heterocycles. The average Bonchev–Trinajstić information content (AvgIpc) is 3.30. The van der Waals surface area contributed by atoms with Crippen LogP contribution in [0.3, 0.4) is 0 Å². The van der Waals surface area contributed by atoms with E-state index in [4.69, 9.17) is 0 Å². The Labute approximate surface area is 125 Å². The number of nitrogens with one attached hydrogen (secondary N) is 1. The fraction of sp³-hybridized carbons (Fsp3) is 0.562. The number of pyridine rings is 1. The summed E-state index contributed by atoms with van der Waals surface area (Å²) in [5.41, 5.74) is 0.668. The van der Waals surface area contributed by atoms with Crippen molar-refractivity contribution in [3.8, 4) is 0 Å². The first kappa shape index (κ1) is 15.5. The van der Waals surface area contributed by atoms with Gasteiger partial charge in [-0.2, -0.15) is 0 Å². The van der Waals surface area contributed by atoms with Crippen molar-refractivity contribution in [2.75, 3.05) is 13.1 Å². The molecule has 0 unspecified atom stereocenters. The van der Waals surface area contributed by atoms with E-state index >= 15 is 0 Å². The Kier molecular flexibility index (Phi) is 5.31. The Balaban J connectivity index is 2.10. The molecule has 1 aliphatic rings. The molecule has 5 nitrogen and oxygen atoms in total. The summed E-state index contributed by atoms with van der Waals surface area (Å²) < 4.78 is 0. The highest BCUT2D eigenvalue weighted by Crippen LogP contribution is 2.19. The van der Waals surface area contributed by atoms with E-state index in [0.29, 0.717) is 24.5 Å². The van der Waals surface area contributed by atoms with Gasteiger partial charge in [0.05, 0.1) is 0 Å². The molecule has 0 bridgehead atoms. The Morgan fingerprint density at radius 1 is 1.19 bits per heavy atom. The maximum absolute atomic E-state index is 12.5. The van der Waals surface area contributed by atoms with Gasteiger partial charge in [-0.15, -0.1) is 0 Å². The molecule has 5 heteroatoms. The molecule has 1 aromatic rings. The highest BCUT2D eigenvalue weighted by atomic mass is 16.2. The molecule has 0 aromatic carbocycles. The quantitative estimate of drug-likeness (QED) is 0.837. The van der Waals surface area contributed by atoms with Crippen LogP contribution in [-0.2, 0) is 0 Å². The molecule has 1 aromatic heterocycles. The number of hydrogen-bond donors (Lipinski definition) is 1.